The van der Waals surface area contributed by atoms with Gasteiger partial charge < -0.3 is 4.42 Å². The molecule has 0 radical (unpaired) electrons. The summed E-state index contributed by atoms with van der Waals surface area (Å²) in [6, 6.07) is 2.74. The fourth-order valence-corrected chi connectivity index (χ4v) is 3.59. The van der Waals surface area contributed by atoms with Gasteiger partial charge in [-0.15, -0.1) is 0 Å². The molecular formula is C12H15ClN2O4S. The first kappa shape index (κ1) is 15.1. The van der Waals surface area contributed by atoms with Crippen molar-refractivity contribution in [2.75, 3.05) is 13.6 Å². The topological polar surface area (TPSA) is 72.5 Å². The number of benzene rings is 1. The standard InChI is InChI=1S/C12H15ClN2O4S/c1-4-14(3)20(17,18)11-7-10-9(6-8(11)13)15(5-2)12(16)19-10/h6-7H,4-5H2,1-3H3. The summed E-state index contributed by atoms with van der Waals surface area (Å²) in [5.41, 5.74) is 0.699. The Morgan fingerprint density at radius 2 is 2.00 bits per heavy atom. The molecule has 0 N–H and O–H groups in total. The number of sulfonamides is 1. The van der Waals surface area contributed by atoms with Gasteiger partial charge in [-0.2, -0.15) is 0 Å². The number of aryl methyl sites for hydroxylation is 1. The van der Waals surface area contributed by atoms with E-state index in [1.54, 1.807) is 13.8 Å². The Morgan fingerprint density at radius 1 is 1.35 bits per heavy atom. The summed E-state index contributed by atoms with van der Waals surface area (Å²) in [6.45, 7) is 4.25. The predicted octanol–water partition coefficient (Wildman–Crippen LogP) is 1.91. The Kier molecular flexibility index (Phi) is 3.95. The average Bonchev–Trinajstić information content (AvgIpc) is 2.71. The molecule has 110 valence electrons. The lowest BCUT2D eigenvalue weighted by Crippen LogP contribution is -2.26. The van der Waals surface area contributed by atoms with Crippen molar-refractivity contribution >= 4 is 32.7 Å². The van der Waals surface area contributed by atoms with Crippen molar-refractivity contribution in [1.29, 1.82) is 0 Å². The van der Waals surface area contributed by atoms with Gasteiger partial charge >= 0.3 is 5.76 Å². The summed E-state index contributed by atoms with van der Waals surface area (Å²) in [5.74, 6) is -0.531. The fourth-order valence-electron chi connectivity index (χ4n) is 1.90. The van der Waals surface area contributed by atoms with Gasteiger partial charge in [0, 0.05) is 26.2 Å². The zero-order valence-corrected chi connectivity index (χ0v) is 13.0. The largest absolute Gasteiger partial charge is 0.419 e. The van der Waals surface area contributed by atoms with Crippen LogP contribution in [0.4, 0.5) is 0 Å². The first-order valence-electron chi connectivity index (χ1n) is 6.12. The van der Waals surface area contributed by atoms with Crippen LogP contribution in [0.1, 0.15) is 13.8 Å². The van der Waals surface area contributed by atoms with Crippen molar-refractivity contribution in [3.05, 3.63) is 27.7 Å². The fraction of sp³-hybridized carbons (Fsp3) is 0.417. The number of oxazole rings is 1. The molecule has 0 aliphatic heterocycles. The van der Waals surface area contributed by atoms with E-state index in [2.05, 4.69) is 0 Å². The van der Waals surface area contributed by atoms with Gasteiger partial charge in [0.1, 0.15) is 4.90 Å². The van der Waals surface area contributed by atoms with Crippen molar-refractivity contribution < 1.29 is 12.8 Å². The second-order valence-electron chi connectivity index (χ2n) is 4.28. The molecule has 0 unspecified atom stereocenters. The van der Waals surface area contributed by atoms with Gasteiger partial charge in [-0.05, 0) is 13.0 Å². The molecule has 0 saturated heterocycles. The number of rotatable bonds is 4. The quantitative estimate of drug-likeness (QED) is 0.863. The molecule has 0 aliphatic rings. The minimum atomic E-state index is -3.69. The van der Waals surface area contributed by atoms with Crippen molar-refractivity contribution in [1.82, 2.24) is 8.87 Å². The molecule has 0 fully saturated rings. The molecule has 2 rings (SSSR count). The molecule has 0 saturated carbocycles. The molecule has 0 amide bonds. The van der Waals surface area contributed by atoms with Gasteiger partial charge in [0.15, 0.2) is 5.58 Å². The van der Waals surface area contributed by atoms with E-state index in [-0.39, 0.29) is 15.5 Å². The molecule has 1 aromatic carbocycles. The highest BCUT2D eigenvalue weighted by Crippen LogP contribution is 2.29. The van der Waals surface area contributed by atoms with Crippen molar-refractivity contribution in [2.24, 2.45) is 0 Å². The third-order valence-electron chi connectivity index (χ3n) is 3.17. The number of aromatic nitrogens is 1. The third kappa shape index (κ3) is 2.25. The van der Waals surface area contributed by atoms with E-state index in [0.29, 0.717) is 18.6 Å². The first-order chi connectivity index (χ1) is 9.32. The van der Waals surface area contributed by atoms with Gasteiger partial charge in [-0.3, -0.25) is 4.57 Å². The van der Waals surface area contributed by atoms with Gasteiger partial charge in [-0.1, -0.05) is 18.5 Å². The molecule has 1 heterocycles. The summed E-state index contributed by atoms with van der Waals surface area (Å²) in [6.07, 6.45) is 0. The number of hydrogen-bond acceptors (Lipinski definition) is 4. The lowest BCUT2D eigenvalue weighted by Gasteiger charge is -2.15. The predicted molar refractivity (Wildman–Crippen MR) is 76.6 cm³/mol. The lowest BCUT2D eigenvalue weighted by atomic mass is 10.3. The molecular weight excluding hydrogens is 304 g/mol. The first-order valence-corrected chi connectivity index (χ1v) is 7.94. The molecule has 0 spiro atoms. The number of fused-ring (bicyclic) bond motifs is 1. The van der Waals surface area contributed by atoms with E-state index < -0.39 is 15.8 Å². The molecule has 2 aromatic rings. The van der Waals surface area contributed by atoms with Crippen molar-refractivity contribution in [2.45, 2.75) is 25.3 Å². The monoisotopic (exact) mass is 318 g/mol. The van der Waals surface area contributed by atoms with Crippen LogP contribution in [0.2, 0.25) is 5.02 Å². The number of hydrogen-bond donors (Lipinski definition) is 0. The van der Waals surface area contributed by atoms with Crippen LogP contribution in [0.25, 0.3) is 11.1 Å². The zero-order valence-electron chi connectivity index (χ0n) is 11.4. The summed E-state index contributed by atoms with van der Waals surface area (Å²) >= 11 is 6.06. The summed E-state index contributed by atoms with van der Waals surface area (Å²) in [4.78, 5) is 11.6. The smallest absolute Gasteiger partial charge is 0.408 e. The van der Waals surface area contributed by atoms with E-state index in [9.17, 15) is 13.2 Å². The van der Waals surface area contributed by atoms with E-state index in [4.69, 9.17) is 16.0 Å². The van der Waals surface area contributed by atoms with Gasteiger partial charge in [0.25, 0.3) is 0 Å². The maximum Gasteiger partial charge on any atom is 0.419 e. The van der Waals surface area contributed by atoms with Crippen LogP contribution in [0, 0.1) is 0 Å². The van der Waals surface area contributed by atoms with E-state index in [1.165, 1.54) is 28.1 Å². The summed E-state index contributed by atoms with van der Waals surface area (Å²) in [7, 11) is -2.23. The molecule has 0 bridgehead atoms. The molecule has 8 heteroatoms. The maximum atomic E-state index is 12.3. The third-order valence-corrected chi connectivity index (χ3v) is 5.57. The van der Waals surface area contributed by atoms with Crippen LogP contribution in [0.5, 0.6) is 0 Å². The second kappa shape index (κ2) is 5.23. The van der Waals surface area contributed by atoms with Crippen LogP contribution >= 0.6 is 11.6 Å². The van der Waals surface area contributed by atoms with E-state index in [0.717, 1.165) is 0 Å². The minimum absolute atomic E-state index is 0.0620. The highest BCUT2D eigenvalue weighted by atomic mass is 35.5. The summed E-state index contributed by atoms with van der Waals surface area (Å²) in [5, 5.41) is 0.0702. The van der Waals surface area contributed by atoms with Crippen molar-refractivity contribution in [3.63, 3.8) is 0 Å². The van der Waals surface area contributed by atoms with Gasteiger partial charge in [0.05, 0.1) is 10.5 Å². The normalized spacial score (nSPS) is 12.4. The average molecular weight is 319 g/mol. The summed E-state index contributed by atoms with van der Waals surface area (Å²) < 4.78 is 32.2. The number of nitrogens with zero attached hydrogens (tertiary/aromatic N) is 2. The van der Waals surface area contributed by atoms with Gasteiger partial charge in [-0.25, -0.2) is 17.5 Å². The Labute approximate surface area is 121 Å². The molecule has 6 nitrogen and oxygen atoms in total. The zero-order chi connectivity index (χ0) is 15.1. The van der Waals surface area contributed by atoms with Crippen LogP contribution in [0.15, 0.2) is 26.2 Å². The molecule has 0 atom stereocenters. The Balaban J connectivity index is 2.75. The maximum absolute atomic E-state index is 12.3. The van der Waals surface area contributed by atoms with Crippen LogP contribution in [-0.2, 0) is 16.6 Å². The molecule has 1 aromatic heterocycles. The SMILES string of the molecule is CCN(C)S(=O)(=O)c1cc2oc(=O)n(CC)c2cc1Cl. The molecule has 20 heavy (non-hydrogen) atoms. The Morgan fingerprint density at radius 3 is 2.55 bits per heavy atom. The van der Waals surface area contributed by atoms with E-state index in [1.807, 2.05) is 0 Å². The number of halogens is 1. The minimum Gasteiger partial charge on any atom is -0.408 e. The second-order valence-corrected chi connectivity index (χ2v) is 6.70. The van der Waals surface area contributed by atoms with E-state index >= 15 is 0 Å². The van der Waals surface area contributed by atoms with Crippen molar-refractivity contribution in [3.8, 4) is 0 Å². The van der Waals surface area contributed by atoms with Gasteiger partial charge in [0.2, 0.25) is 10.0 Å². The van der Waals surface area contributed by atoms with Crippen LogP contribution in [-0.4, -0.2) is 30.9 Å². The highest BCUT2D eigenvalue weighted by Gasteiger charge is 2.24. The van der Waals surface area contributed by atoms with Crippen LogP contribution < -0.4 is 5.76 Å². The van der Waals surface area contributed by atoms with Crippen LogP contribution in [0.3, 0.4) is 0 Å². The Hall–Kier alpha value is -1.31. The Bertz CT molecular complexity index is 807. The lowest BCUT2D eigenvalue weighted by molar-refractivity contribution is 0.485. The highest BCUT2D eigenvalue weighted by molar-refractivity contribution is 7.89. The molecule has 0 aliphatic carbocycles.